The summed E-state index contributed by atoms with van der Waals surface area (Å²) in [6, 6.07) is 22.8. The molecule has 0 fully saturated rings. The number of para-hydroxylation sites is 1. The van der Waals surface area contributed by atoms with Gasteiger partial charge in [-0.05, 0) is 45.9 Å². The minimum absolute atomic E-state index is 0.0566. The molecule has 0 atom stereocenters. The van der Waals surface area contributed by atoms with Gasteiger partial charge in [0, 0.05) is 6.08 Å². The van der Waals surface area contributed by atoms with E-state index < -0.39 is 5.97 Å². The summed E-state index contributed by atoms with van der Waals surface area (Å²) in [7, 11) is 0. The molecule has 0 aromatic heterocycles. The van der Waals surface area contributed by atoms with Gasteiger partial charge in [-0.1, -0.05) is 81.4 Å². The second-order valence-electron chi connectivity index (χ2n) is 8.12. The van der Waals surface area contributed by atoms with Gasteiger partial charge in [0.05, 0.1) is 11.3 Å². The normalized spacial score (nSPS) is 11.4. The van der Waals surface area contributed by atoms with Crippen molar-refractivity contribution in [2.24, 2.45) is 0 Å². The van der Waals surface area contributed by atoms with Crippen molar-refractivity contribution >= 4 is 23.6 Å². The summed E-state index contributed by atoms with van der Waals surface area (Å²) in [5.74, 6) is -1.47. The van der Waals surface area contributed by atoms with Gasteiger partial charge in [0.15, 0.2) is 0 Å². The number of carboxylic acid groups (broad SMARTS) is 1. The summed E-state index contributed by atoms with van der Waals surface area (Å²) in [6.07, 6.45) is 3.09. The van der Waals surface area contributed by atoms with Crippen molar-refractivity contribution < 1.29 is 14.7 Å². The van der Waals surface area contributed by atoms with E-state index in [1.807, 2.05) is 24.3 Å². The molecule has 0 saturated carbocycles. The fourth-order valence-electron chi connectivity index (χ4n) is 3.07. The Balaban J connectivity index is 1.67. The van der Waals surface area contributed by atoms with Crippen LogP contribution in [0.4, 0.5) is 5.69 Å². The summed E-state index contributed by atoms with van der Waals surface area (Å²) < 4.78 is 0. The smallest absolute Gasteiger partial charge is 0.337 e. The summed E-state index contributed by atoms with van der Waals surface area (Å²) >= 11 is 0. The highest BCUT2D eigenvalue weighted by Gasteiger charge is 2.13. The van der Waals surface area contributed by atoms with Crippen molar-refractivity contribution in [1.29, 1.82) is 0 Å². The second-order valence-corrected chi connectivity index (χ2v) is 8.12. The molecule has 2 N–H and O–H groups in total. The molecule has 3 rings (SSSR count). The minimum Gasteiger partial charge on any atom is -0.478 e. The van der Waals surface area contributed by atoms with E-state index >= 15 is 0 Å². The average Bonchev–Trinajstić information content (AvgIpc) is 2.72. The number of nitrogens with one attached hydrogen (secondary N) is 1. The first-order valence-corrected chi connectivity index (χ1v) is 9.76. The van der Waals surface area contributed by atoms with Crippen LogP contribution in [0, 0.1) is 0 Å². The lowest BCUT2D eigenvalue weighted by Crippen LogP contribution is -2.11. The van der Waals surface area contributed by atoms with E-state index in [0.29, 0.717) is 0 Å². The summed E-state index contributed by atoms with van der Waals surface area (Å²) in [5.41, 5.74) is 4.87. The van der Waals surface area contributed by atoms with Gasteiger partial charge in [0.2, 0.25) is 5.91 Å². The molecule has 0 radical (unpaired) electrons. The van der Waals surface area contributed by atoms with Crippen molar-refractivity contribution in [2.75, 3.05) is 5.32 Å². The zero-order valence-corrected chi connectivity index (χ0v) is 17.3. The largest absolute Gasteiger partial charge is 0.478 e. The van der Waals surface area contributed by atoms with Gasteiger partial charge >= 0.3 is 5.97 Å². The Kier molecular flexibility index (Phi) is 6.17. The van der Waals surface area contributed by atoms with Crippen LogP contribution < -0.4 is 5.32 Å². The molecule has 4 heteroatoms. The highest BCUT2D eigenvalue weighted by atomic mass is 16.4. The van der Waals surface area contributed by atoms with Gasteiger partial charge in [0.1, 0.15) is 0 Å². The number of rotatable bonds is 5. The van der Waals surface area contributed by atoms with Crippen LogP contribution in [-0.2, 0) is 10.2 Å². The van der Waals surface area contributed by atoms with Gasteiger partial charge in [-0.2, -0.15) is 0 Å². The topological polar surface area (TPSA) is 66.4 Å². The molecule has 0 heterocycles. The third-order valence-electron chi connectivity index (χ3n) is 4.84. The van der Waals surface area contributed by atoms with E-state index in [2.05, 4.69) is 50.4 Å². The maximum atomic E-state index is 12.2. The van der Waals surface area contributed by atoms with Crippen LogP contribution in [0.25, 0.3) is 17.2 Å². The molecule has 3 aromatic rings. The van der Waals surface area contributed by atoms with E-state index in [-0.39, 0.29) is 22.6 Å². The van der Waals surface area contributed by atoms with Gasteiger partial charge in [-0.15, -0.1) is 0 Å². The van der Waals surface area contributed by atoms with E-state index in [4.69, 9.17) is 0 Å². The maximum absolute atomic E-state index is 12.2. The van der Waals surface area contributed by atoms with Crippen molar-refractivity contribution in [3.05, 3.63) is 95.6 Å². The lowest BCUT2D eigenvalue weighted by atomic mass is 9.86. The first kappa shape index (κ1) is 21.1. The first-order valence-electron chi connectivity index (χ1n) is 9.76. The quantitative estimate of drug-likeness (QED) is 0.517. The third-order valence-corrected chi connectivity index (χ3v) is 4.84. The predicted octanol–water partition coefficient (Wildman–Crippen LogP) is 6.00. The van der Waals surface area contributed by atoms with Crippen LogP contribution in [-0.4, -0.2) is 17.0 Å². The molecule has 152 valence electrons. The number of carbonyl (C=O) groups excluding carboxylic acids is 1. The third kappa shape index (κ3) is 5.23. The molecule has 0 spiro atoms. The number of hydrogen-bond donors (Lipinski definition) is 2. The molecule has 30 heavy (non-hydrogen) atoms. The monoisotopic (exact) mass is 399 g/mol. The fourth-order valence-corrected chi connectivity index (χ4v) is 3.07. The number of aromatic carboxylic acids is 1. The van der Waals surface area contributed by atoms with Gasteiger partial charge in [-0.25, -0.2) is 4.79 Å². The molecular formula is C26H25NO3. The Bertz CT molecular complexity index is 1070. The molecule has 1 amide bonds. The fraction of sp³-hybridized carbons (Fsp3) is 0.154. The molecule has 0 unspecified atom stereocenters. The van der Waals surface area contributed by atoms with E-state index in [0.717, 1.165) is 16.7 Å². The Morgan fingerprint density at radius 2 is 1.40 bits per heavy atom. The van der Waals surface area contributed by atoms with Crippen LogP contribution in [0.2, 0.25) is 0 Å². The summed E-state index contributed by atoms with van der Waals surface area (Å²) in [5, 5.41) is 11.8. The Hall–Kier alpha value is -3.66. The number of anilines is 1. The van der Waals surface area contributed by atoms with Crippen molar-refractivity contribution in [3.63, 3.8) is 0 Å². The zero-order valence-electron chi connectivity index (χ0n) is 17.3. The van der Waals surface area contributed by atoms with Crippen LogP contribution in [0.1, 0.15) is 42.3 Å². The van der Waals surface area contributed by atoms with Crippen molar-refractivity contribution in [1.82, 2.24) is 0 Å². The lowest BCUT2D eigenvalue weighted by molar-refractivity contribution is -0.111. The SMILES string of the molecule is CC(C)(C)c1ccc(-c2ccc(/C=C/C(=O)Nc3ccccc3C(=O)O)cc2)cc1. The van der Waals surface area contributed by atoms with E-state index in [1.54, 1.807) is 24.3 Å². The zero-order chi connectivity index (χ0) is 21.7. The van der Waals surface area contributed by atoms with Crippen molar-refractivity contribution in [2.45, 2.75) is 26.2 Å². The first-order chi connectivity index (χ1) is 14.2. The number of carboxylic acids is 1. The van der Waals surface area contributed by atoms with Crippen LogP contribution >= 0.6 is 0 Å². The highest BCUT2D eigenvalue weighted by Crippen LogP contribution is 2.26. The van der Waals surface area contributed by atoms with E-state index in [1.165, 1.54) is 17.7 Å². The van der Waals surface area contributed by atoms with Gasteiger partial charge in [-0.3, -0.25) is 4.79 Å². The Labute approximate surface area is 176 Å². The molecular weight excluding hydrogens is 374 g/mol. The summed E-state index contributed by atoms with van der Waals surface area (Å²) in [4.78, 5) is 23.4. The molecule has 0 saturated heterocycles. The second kappa shape index (κ2) is 8.78. The van der Waals surface area contributed by atoms with Gasteiger partial charge < -0.3 is 10.4 Å². The average molecular weight is 399 g/mol. The standard InChI is InChI=1S/C26H25NO3/c1-26(2,3)21-15-13-20(14-16-21)19-11-8-18(9-12-19)10-17-24(28)27-23-7-5-4-6-22(23)25(29)30/h4-17H,1-3H3,(H,27,28)(H,29,30)/b17-10+. The molecule has 0 bridgehead atoms. The number of benzene rings is 3. The Morgan fingerprint density at radius 3 is 1.97 bits per heavy atom. The molecule has 3 aromatic carbocycles. The van der Waals surface area contributed by atoms with Gasteiger partial charge in [0.25, 0.3) is 0 Å². The Morgan fingerprint density at radius 1 is 0.833 bits per heavy atom. The van der Waals surface area contributed by atoms with Crippen LogP contribution in [0.15, 0.2) is 78.9 Å². The number of carbonyl (C=O) groups is 2. The number of hydrogen-bond acceptors (Lipinski definition) is 2. The molecule has 0 aliphatic rings. The van der Waals surface area contributed by atoms with E-state index in [9.17, 15) is 14.7 Å². The summed E-state index contributed by atoms with van der Waals surface area (Å²) in [6.45, 7) is 6.58. The highest BCUT2D eigenvalue weighted by molar-refractivity contribution is 6.06. The number of amides is 1. The van der Waals surface area contributed by atoms with Crippen molar-refractivity contribution in [3.8, 4) is 11.1 Å². The molecule has 0 aliphatic heterocycles. The van der Waals surface area contributed by atoms with Crippen LogP contribution in [0.5, 0.6) is 0 Å². The minimum atomic E-state index is -1.08. The predicted molar refractivity (Wildman–Crippen MR) is 122 cm³/mol. The molecule has 0 aliphatic carbocycles. The molecule has 4 nitrogen and oxygen atoms in total. The maximum Gasteiger partial charge on any atom is 0.337 e. The van der Waals surface area contributed by atoms with Crippen LogP contribution in [0.3, 0.4) is 0 Å². The lowest BCUT2D eigenvalue weighted by Gasteiger charge is -2.19.